The molecule has 8 nitrogen and oxygen atoms in total. The molecule has 0 radical (unpaired) electrons. The van der Waals surface area contributed by atoms with E-state index in [0.29, 0.717) is 17.8 Å². The summed E-state index contributed by atoms with van der Waals surface area (Å²) in [6.07, 6.45) is -2.04. The molecule has 14 heteroatoms. The third-order valence-electron chi connectivity index (χ3n) is 5.13. The number of benzene rings is 1. The molecule has 1 amide bonds. The van der Waals surface area contributed by atoms with E-state index in [4.69, 9.17) is 0 Å². The second kappa shape index (κ2) is 8.76. The van der Waals surface area contributed by atoms with E-state index in [-0.39, 0.29) is 31.4 Å². The first-order valence-corrected chi connectivity index (χ1v) is 9.98. The van der Waals surface area contributed by atoms with Gasteiger partial charge in [0.1, 0.15) is 11.9 Å². The normalized spacial score (nSPS) is 15.9. The Balaban J connectivity index is 1.44. The second-order valence-corrected chi connectivity index (χ2v) is 7.95. The maximum atomic E-state index is 13.1. The molecular weight excluding hydrogens is 482 g/mol. The van der Waals surface area contributed by atoms with Gasteiger partial charge in [-0.15, -0.1) is 5.10 Å². The zero-order valence-electron chi connectivity index (χ0n) is 17.6. The minimum absolute atomic E-state index is 0.0116. The Labute approximate surface area is 193 Å². The number of rotatable bonds is 5. The van der Waals surface area contributed by atoms with Crippen LogP contribution in [0.1, 0.15) is 16.8 Å². The van der Waals surface area contributed by atoms with Crippen molar-refractivity contribution in [1.82, 2.24) is 29.6 Å². The Hall–Kier alpha value is -3.81. The predicted octanol–water partition coefficient (Wildman–Crippen LogP) is 3.06. The fourth-order valence-electron chi connectivity index (χ4n) is 3.50. The molecule has 3 aromatic rings. The highest BCUT2D eigenvalue weighted by atomic mass is 19.4. The summed E-state index contributed by atoms with van der Waals surface area (Å²) in [7, 11) is 0. The molecule has 1 aromatic carbocycles. The Morgan fingerprint density at radius 1 is 1.03 bits per heavy atom. The van der Waals surface area contributed by atoms with E-state index in [1.165, 1.54) is 23.5 Å². The smallest absolute Gasteiger partial charge is 0.386 e. The number of hydrogen-bond donors (Lipinski definition) is 1. The van der Waals surface area contributed by atoms with Crippen LogP contribution in [-0.4, -0.2) is 59.3 Å². The summed E-state index contributed by atoms with van der Waals surface area (Å²) in [6, 6.07) is 1.04. The van der Waals surface area contributed by atoms with E-state index in [9.17, 15) is 36.2 Å². The highest BCUT2D eigenvalue weighted by Gasteiger charge is 2.43. The van der Waals surface area contributed by atoms with Crippen molar-refractivity contribution in [1.29, 1.82) is 0 Å². The zero-order valence-corrected chi connectivity index (χ0v) is 17.6. The molecular formula is C21H16F6N6O2. The molecule has 1 aliphatic heterocycles. The average Bonchev–Trinajstić information content (AvgIpc) is 3.24. The van der Waals surface area contributed by atoms with Gasteiger partial charge in [-0.3, -0.25) is 14.8 Å². The lowest BCUT2D eigenvalue weighted by molar-refractivity contribution is -0.150. The maximum Gasteiger partial charge on any atom is 0.416 e. The third-order valence-corrected chi connectivity index (χ3v) is 5.13. The SMILES string of the molecule is O=C(/C=C\n1cnc(-c2cc(C(F)(F)F)cc(C(F)(F)F)c2)n1)N1CC(O)(Cc2cnccn2)C1. The number of aliphatic hydroxyl groups is 1. The number of carbonyl (C=O) groups excluding carboxylic acids is 1. The van der Waals surface area contributed by atoms with Crippen LogP contribution in [0.15, 0.2) is 49.2 Å². The van der Waals surface area contributed by atoms with E-state index in [0.717, 1.165) is 23.3 Å². The lowest BCUT2D eigenvalue weighted by Crippen LogP contribution is -2.64. The number of amides is 1. The van der Waals surface area contributed by atoms with Gasteiger partial charge < -0.3 is 10.0 Å². The second-order valence-electron chi connectivity index (χ2n) is 7.95. The molecule has 1 N–H and O–H groups in total. The molecule has 0 atom stereocenters. The van der Waals surface area contributed by atoms with Gasteiger partial charge in [0.05, 0.1) is 29.9 Å². The average molecular weight is 498 g/mol. The number of carbonyl (C=O) groups is 1. The van der Waals surface area contributed by atoms with Gasteiger partial charge in [-0.1, -0.05) is 0 Å². The fourth-order valence-corrected chi connectivity index (χ4v) is 3.50. The van der Waals surface area contributed by atoms with Gasteiger partial charge in [0.15, 0.2) is 5.82 Å². The number of halogens is 6. The topological polar surface area (TPSA) is 97.0 Å². The van der Waals surface area contributed by atoms with E-state index < -0.39 is 40.6 Å². The highest BCUT2D eigenvalue weighted by molar-refractivity contribution is 5.91. The molecule has 0 spiro atoms. The van der Waals surface area contributed by atoms with Crippen molar-refractivity contribution in [3.8, 4) is 11.4 Å². The molecule has 35 heavy (non-hydrogen) atoms. The summed E-state index contributed by atoms with van der Waals surface area (Å²) in [4.78, 5) is 25.4. The van der Waals surface area contributed by atoms with Gasteiger partial charge in [-0.05, 0) is 18.2 Å². The summed E-state index contributed by atoms with van der Waals surface area (Å²) >= 11 is 0. The molecule has 184 valence electrons. The number of β-amino-alcohol motifs (C(OH)–C–C–N with tert-alkyl or cyclic N) is 1. The molecule has 3 heterocycles. The third kappa shape index (κ3) is 5.65. The van der Waals surface area contributed by atoms with Crippen LogP contribution in [0.5, 0.6) is 0 Å². The van der Waals surface area contributed by atoms with Gasteiger partial charge in [0.25, 0.3) is 0 Å². The van der Waals surface area contributed by atoms with Crippen molar-refractivity contribution >= 4 is 12.1 Å². The van der Waals surface area contributed by atoms with Crippen molar-refractivity contribution in [3.05, 3.63) is 66.0 Å². The molecule has 0 aliphatic carbocycles. The highest BCUT2D eigenvalue weighted by Crippen LogP contribution is 2.38. The summed E-state index contributed by atoms with van der Waals surface area (Å²) in [5.74, 6) is -0.870. The van der Waals surface area contributed by atoms with E-state index >= 15 is 0 Å². The fraction of sp³-hybridized carbons (Fsp3) is 0.286. The van der Waals surface area contributed by atoms with Crippen LogP contribution in [0.2, 0.25) is 0 Å². The Kier molecular flexibility index (Phi) is 6.09. The standard InChI is InChI=1S/C21H16F6N6O2/c22-20(23,24)14-5-13(6-15(7-14)21(25,26)27)18-30-12-33(31-18)4-1-17(34)32-10-19(35,11-32)8-16-9-28-2-3-29-16/h1-7,9,12,35H,8,10-11H2/b4-1-. The summed E-state index contributed by atoms with van der Waals surface area (Å²) in [5.41, 5.74) is -4.05. The monoisotopic (exact) mass is 498 g/mol. The molecule has 1 fully saturated rings. The quantitative estimate of drug-likeness (QED) is 0.429. The number of hydrogen-bond acceptors (Lipinski definition) is 6. The zero-order chi connectivity index (χ0) is 25.4. The van der Waals surface area contributed by atoms with Crippen molar-refractivity contribution < 1.29 is 36.2 Å². The van der Waals surface area contributed by atoms with Crippen molar-refractivity contribution in [3.63, 3.8) is 0 Å². The number of nitrogens with zero attached hydrogens (tertiary/aromatic N) is 6. The molecule has 1 saturated heterocycles. The van der Waals surface area contributed by atoms with Crippen LogP contribution in [0.25, 0.3) is 17.6 Å². The van der Waals surface area contributed by atoms with Crippen LogP contribution in [0, 0.1) is 0 Å². The van der Waals surface area contributed by atoms with Gasteiger partial charge >= 0.3 is 12.4 Å². The van der Waals surface area contributed by atoms with Crippen molar-refractivity contribution in [2.75, 3.05) is 13.1 Å². The predicted molar refractivity (Wildman–Crippen MR) is 108 cm³/mol. The lowest BCUT2D eigenvalue weighted by atomic mass is 9.89. The summed E-state index contributed by atoms with van der Waals surface area (Å²) in [6.45, 7) is 0.0830. The molecule has 2 aromatic heterocycles. The van der Waals surface area contributed by atoms with Crippen molar-refractivity contribution in [2.45, 2.75) is 24.4 Å². The molecule has 0 unspecified atom stereocenters. The number of likely N-dealkylation sites (tertiary alicyclic amines) is 1. The Bertz CT molecular complexity index is 1220. The first-order valence-electron chi connectivity index (χ1n) is 9.98. The van der Waals surface area contributed by atoms with E-state index in [2.05, 4.69) is 20.1 Å². The first kappa shape index (κ1) is 24.3. The summed E-state index contributed by atoms with van der Waals surface area (Å²) < 4.78 is 79.4. The first-order chi connectivity index (χ1) is 16.3. The summed E-state index contributed by atoms with van der Waals surface area (Å²) in [5, 5.41) is 14.3. The largest absolute Gasteiger partial charge is 0.416 e. The van der Waals surface area contributed by atoms with Gasteiger partial charge in [-0.2, -0.15) is 26.3 Å². The van der Waals surface area contributed by atoms with Crippen LogP contribution in [0.3, 0.4) is 0 Å². The van der Waals surface area contributed by atoms with Crippen LogP contribution >= 0.6 is 0 Å². The van der Waals surface area contributed by atoms with Gasteiger partial charge in [0.2, 0.25) is 5.91 Å². The molecule has 0 bridgehead atoms. The number of aromatic nitrogens is 5. The van der Waals surface area contributed by atoms with Crippen molar-refractivity contribution in [2.24, 2.45) is 0 Å². The van der Waals surface area contributed by atoms with Gasteiger partial charge in [-0.25, -0.2) is 9.67 Å². The van der Waals surface area contributed by atoms with Crippen LogP contribution in [-0.2, 0) is 23.6 Å². The number of alkyl halides is 6. The van der Waals surface area contributed by atoms with E-state index in [1.807, 2.05) is 0 Å². The van der Waals surface area contributed by atoms with E-state index in [1.54, 1.807) is 0 Å². The minimum Gasteiger partial charge on any atom is -0.386 e. The molecule has 1 aliphatic rings. The Morgan fingerprint density at radius 2 is 1.69 bits per heavy atom. The molecule has 0 saturated carbocycles. The molecule has 4 rings (SSSR count). The van der Waals surface area contributed by atoms with Gasteiger partial charge in [0, 0.05) is 42.9 Å². The van der Waals surface area contributed by atoms with Crippen LogP contribution in [0.4, 0.5) is 26.3 Å². The lowest BCUT2D eigenvalue weighted by Gasteiger charge is -2.45. The Morgan fingerprint density at radius 3 is 2.26 bits per heavy atom. The van der Waals surface area contributed by atoms with Crippen LogP contribution < -0.4 is 0 Å². The maximum absolute atomic E-state index is 13.1. The minimum atomic E-state index is -5.00.